The van der Waals surface area contributed by atoms with E-state index in [9.17, 15) is 31.1 Å². The molecule has 4 nitrogen and oxygen atoms in total. The van der Waals surface area contributed by atoms with Crippen LogP contribution in [0.5, 0.6) is 0 Å². The zero-order chi connectivity index (χ0) is 23.3. The Morgan fingerprint density at radius 2 is 1.72 bits per heavy atom. The molecule has 0 fully saturated rings. The number of carbonyl (C=O) groups is 1. The van der Waals surface area contributed by atoms with Crippen LogP contribution in [0.25, 0.3) is 15.8 Å². The van der Waals surface area contributed by atoms with Crippen LogP contribution in [0, 0.1) is 0 Å². The van der Waals surface area contributed by atoms with E-state index in [0.717, 1.165) is 23.0 Å². The maximum Gasteiger partial charge on any atom is 0.436 e. The maximum absolute atomic E-state index is 13.2. The van der Waals surface area contributed by atoms with Crippen LogP contribution in [0.4, 0.5) is 26.3 Å². The number of hydrogen-bond donors (Lipinski definition) is 1. The van der Waals surface area contributed by atoms with E-state index in [0.29, 0.717) is 20.5 Å². The minimum atomic E-state index is -4.95. The van der Waals surface area contributed by atoms with E-state index in [4.69, 9.17) is 5.11 Å². The van der Waals surface area contributed by atoms with Gasteiger partial charge in [0.1, 0.15) is 5.56 Å². The molecule has 2 heterocycles. The third-order valence-corrected chi connectivity index (χ3v) is 5.84. The highest BCUT2D eigenvalue weighted by Gasteiger charge is 2.39. The van der Waals surface area contributed by atoms with Crippen molar-refractivity contribution < 1.29 is 36.2 Å². The first-order chi connectivity index (χ1) is 14.9. The van der Waals surface area contributed by atoms with Gasteiger partial charge in [-0.2, -0.15) is 31.4 Å². The molecule has 0 atom stereocenters. The topological polar surface area (TPSA) is 55.1 Å². The lowest BCUT2D eigenvalue weighted by Crippen LogP contribution is -2.12. The van der Waals surface area contributed by atoms with E-state index < -0.39 is 35.1 Å². The highest BCUT2D eigenvalue weighted by molar-refractivity contribution is 7.19. The zero-order valence-electron chi connectivity index (χ0n) is 15.8. The summed E-state index contributed by atoms with van der Waals surface area (Å²) in [6, 6.07) is 11.4. The molecule has 2 aromatic carbocycles. The summed E-state index contributed by atoms with van der Waals surface area (Å²) in [5.41, 5.74) is -2.59. The summed E-state index contributed by atoms with van der Waals surface area (Å²) in [6.07, 6.45) is -8.43. The number of rotatable bonds is 4. The monoisotopic (exact) mass is 470 g/mol. The molecule has 4 rings (SSSR count). The molecule has 0 bridgehead atoms. The molecular formula is C21H12F6N2O2S. The number of benzene rings is 2. The number of aromatic carboxylic acids is 1. The first-order valence-corrected chi connectivity index (χ1v) is 9.83. The summed E-state index contributed by atoms with van der Waals surface area (Å²) >= 11 is 1.19. The second-order valence-electron chi connectivity index (χ2n) is 6.92. The van der Waals surface area contributed by atoms with Crippen molar-refractivity contribution in [3.05, 3.63) is 82.0 Å². The van der Waals surface area contributed by atoms with Crippen LogP contribution in [0.15, 0.2) is 54.7 Å². The second-order valence-corrected chi connectivity index (χ2v) is 8.06. The number of halogens is 6. The Morgan fingerprint density at radius 3 is 2.34 bits per heavy atom. The van der Waals surface area contributed by atoms with E-state index in [-0.39, 0.29) is 12.1 Å². The van der Waals surface area contributed by atoms with Crippen molar-refractivity contribution in [1.82, 2.24) is 9.78 Å². The van der Waals surface area contributed by atoms with Crippen molar-refractivity contribution in [2.24, 2.45) is 0 Å². The first-order valence-electron chi connectivity index (χ1n) is 9.01. The van der Waals surface area contributed by atoms with E-state index in [1.165, 1.54) is 23.5 Å². The van der Waals surface area contributed by atoms with Gasteiger partial charge in [-0.15, -0.1) is 11.3 Å². The fourth-order valence-electron chi connectivity index (χ4n) is 3.29. The molecule has 0 unspecified atom stereocenters. The van der Waals surface area contributed by atoms with Crippen LogP contribution >= 0.6 is 11.3 Å². The number of nitrogens with zero attached hydrogens (tertiary/aromatic N) is 2. The lowest BCUT2D eigenvalue weighted by atomic mass is 10.1. The molecule has 166 valence electrons. The van der Waals surface area contributed by atoms with Gasteiger partial charge in [-0.25, -0.2) is 9.48 Å². The van der Waals surface area contributed by atoms with Gasteiger partial charge >= 0.3 is 18.3 Å². The van der Waals surface area contributed by atoms with Crippen molar-refractivity contribution in [2.45, 2.75) is 18.8 Å². The van der Waals surface area contributed by atoms with Crippen molar-refractivity contribution in [1.29, 1.82) is 0 Å². The van der Waals surface area contributed by atoms with E-state index in [1.54, 1.807) is 24.3 Å². The van der Waals surface area contributed by atoms with Crippen molar-refractivity contribution in [3.63, 3.8) is 0 Å². The van der Waals surface area contributed by atoms with Crippen molar-refractivity contribution in [3.8, 4) is 5.69 Å². The quantitative estimate of drug-likeness (QED) is 0.351. The van der Waals surface area contributed by atoms with Crippen LogP contribution in [-0.4, -0.2) is 20.9 Å². The molecule has 0 spiro atoms. The number of alkyl halides is 6. The van der Waals surface area contributed by atoms with Gasteiger partial charge in [0.05, 0.1) is 16.0 Å². The molecular weight excluding hydrogens is 458 g/mol. The van der Waals surface area contributed by atoms with Crippen molar-refractivity contribution in [2.75, 3.05) is 0 Å². The molecule has 0 aliphatic carbocycles. The van der Waals surface area contributed by atoms with E-state index in [1.807, 2.05) is 0 Å². The third kappa shape index (κ3) is 4.20. The fraction of sp³-hybridized carbons (Fsp3) is 0.143. The normalized spacial score (nSPS) is 12.4. The van der Waals surface area contributed by atoms with E-state index >= 15 is 0 Å². The molecule has 11 heteroatoms. The lowest BCUT2D eigenvalue weighted by molar-refractivity contribution is -0.142. The van der Waals surface area contributed by atoms with Crippen LogP contribution in [-0.2, 0) is 18.8 Å². The smallest absolute Gasteiger partial charge is 0.436 e. The van der Waals surface area contributed by atoms with Gasteiger partial charge < -0.3 is 5.11 Å². The standard InChI is InChI=1S/C21H12F6N2O2S/c22-20(23,24)13-5-1-3-11(7-13)8-14-9-12-4-2-6-16(17(12)32-14)29-10-15(19(30)31)18(28-29)21(25,26)27/h1-7,9-10H,8H2,(H,30,31). The summed E-state index contributed by atoms with van der Waals surface area (Å²) < 4.78 is 79.9. The average Bonchev–Trinajstić information content (AvgIpc) is 3.31. The van der Waals surface area contributed by atoms with Gasteiger partial charge in [0.25, 0.3) is 0 Å². The Hall–Kier alpha value is -3.34. The fourth-order valence-corrected chi connectivity index (χ4v) is 4.49. The highest BCUT2D eigenvalue weighted by atomic mass is 32.1. The molecule has 0 amide bonds. The third-order valence-electron chi connectivity index (χ3n) is 4.67. The van der Waals surface area contributed by atoms with Crippen LogP contribution in [0.1, 0.15) is 32.1 Å². The minimum absolute atomic E-state index is 0.190. The first kappa shape index (κ1) is 21.9. The Balaban J connectivity index is 1.75. The molecule has 2 aromatic heterocycles. The Bertz CT molecular complexity index is 1320. The maximum atomic E-state index is 13.2. The number of carboxylic acid groups (broad SMARTS) is 1. The van der Waals surface area contributed by atoms with E-state index in [2.05, 4.69) is 5.10 Å². The van der Waals surface area contributed by atoms with Crippen molar-refractivity contribution >= 4 is 27.4 Å². The largest absolute Gasteiger partial charge is 0.478 e. The predicted molar refractivity (Wildman–Crippen MR) is 105 cm³/mol. The van der Waals surface area contributed by atoms with Gasteiger partial charge in [-0.1, -0.05) is 30.3 Å². The molecule has 0 aliphatic heterocycles. The Kier molecular flexibility index (Phi) is 5.24. The van der Waals surface area contributed by atoms with Gasteiger partial charge in [0, 0.05) is 17.5 Å². The van der Waals surface area contributed by atoms with Gasteiger partial charge in [0.15, 0.2) is 5.69 Å². The number of fused-ring (bicyclic) bond motifs is 1. The summed E-state index contributed by atoms with van der Waals surface area (Å²) in [5.74, 6) is -1.76. The Labute approximate surface area is 180 Å². The summed E-state index contributed by atoms with van der Waals surface area (Å²) in [5, 5.41) is 13.2. The molecule has 0 aliphatic rings. The molecule has 0 saturated heterocycles. The van der Waals surface area contributed by atoms with Gasteiger partial charge in [-0.05, 0) is 29.1 Å². The predicted octanol–water partition coefficient (Wildman–Crippen LogP) is 6.41. The van der Waals surface area contributed by atoms with Gasteiger partial charge in [0.2, 0.25) is 0 Å². The minimum Gasteiger partial charge on any atom is -0.478 e. The Morgan fingerprint density at radius 1 is 1.00 bits per heavy atom. The molecule has 32 heavy (non-hydrogen) atoms. The molecule has 4 aromatic rings. The number of aromatic nitrogens is 2. The van der Waals surface area contributed by atoms with Gasteiger partial charge in [-0.3, -0.25) is 0 Å². The second kappa shape index (κ2) is 7.66. The van der Waals surface area contributed by atoms with Crippen LogP contribution < -0.4 is 0 Å². The van der Waals surface area contributed by atoms with Crippen LogP contribution in [0.2, 0.25) is 0 Å². The molecule has 0 saturated carbocycles. The molecule has 0 radical (unpaired) electrons. The number of thiophene rings is 1. The lowest BCUT2D eigenvalue weighted by Gasteiger charge is -2.08. The number of carboxylic acids is 1. The SMILES string of the molecule is O=C(O)c1cn(-c2cccc3cc(Cc4cccc(C(F)(F)F)c4)sc23)nc1C(F)(F)F. The summed E-state index contributed by atoms with van der Waals surface area (Å²) in [4.78, 5) is 11.9. The number of hydrogen-bond acceptors (Lipinski definition) is 3. The summed E-state index contributed by atoms with van der Waals surface area (Å²) in [6.45, 7) is 0. The van der Waals surface area contributed by atoms with Crippen LogP contribution in [0.3, 0.4) is 0 Å². The average molecular weight is 470 g/mol. The molecule has 1 N–H and O–H groups in total. The zero-order valence-corrected chi connectivity index (χ0v) is 16.6. The highest BCUT2D eigenvalue weighted by Crippen LogP contribution is 2.36. The summed E-state index contributed by atoms with van der Waals surface area (Å²) in [7, 11) is 0.